The van der Waals surface area contributed by atoms with Crippen molar-refractivity contribution in [2.24, 2.45) is 0 Å². The van der Waals surface area contributed by atoms with E-state index in [-0.39, 0.29) is 10.6 Å². The summed E-state index contributed by atoms with van der Waals surface area (Å²) in [4.78, 5) is 7.00. The van der Waals surface area contributed by atoms with E-state index in [0.29, 0.717) is 26.9 Å². The van der Waals surface area contributed by atoms with Gasteiger partial charge >= 0.3 is 6.18 Å². The van der Waals surface area contributed by atoms with E-state index in [0.717, 1.165) is 18.2 Å². The van der Waals surface area contributed by atoms with Crippen LogP contribution in [0.4, 0.5) is 27.6 Å². The fraction of sp³-hybridized carbons (Fsp3) is 0.0476. The van der Waals surface area contributed by atoms with E-state index in [2.05, 4.69) is 9.97 Å². The number of sulfonamides is 1. The molecular weight excluding hydrogens is 616 g/mol. The molecule has 0 amide bonds. The summed E-state index contributed by atoms with van der Waals surface area (Å²) in [5.74, 6) is -2.32. The van der Waals surface area contributed by atoms with Crippen LogP contribution in [-0.2, 0) is 16.2 Å². The second-order valence-electron chi connectivity index (χ2n) is 6.94. The van der Waals surface area contributed by atoms with Crippen LogP contribution in [0.1, 0.15) is 5.56 Å². The molecule has 176 valence electrons. The fourth-order valence-corrected chi connectivity index (χ4v) is 5.16. The van der Waals surface area contributed by atoms with Gasteiger partial charge in [-0.3, -0.25) is 4.72 Å². The first-order chi connectivity index (χ1) is 15.9. The first-order valence-corrected chi connectivity index (χ1v) is 12.1. The Morgan fingerprint density at radius 1 is 1.00 bits per heavy atom. The Kier molecular flexibility index (Phi) is 6.42. The molecule has 3 aromatic carbocycles. The molecule has 0 aliphatic heterocycles. The van der Waals surface area contributed by atoms with Crippen molar-refractivity contribution in [2.45, 2.75) is 11.1 Å². The number of benzene rings is 3. The Bertz CT molecular complexity index is 1550. The summed E-state index contributed by atoms with van der Waals surface area (Å²) in [6, 6.07) is 7.84. The zero-order chi connectivity index (χ0) is 24.8. The lowest BCUT2D eigenvalue weighted by atomic mass is 10.0. The molecule has 0 radical (unpaired) electrons. The molecule has 5 nitrogen and oxygen atoms in total. The molecule has 0 atom stereocenters. The van der Waals surface area contributed by atoms with E-state index in [1.165, 1.54) is 24.4 Å². The van der Waals surface area contributed by atoms with E-state index in [1.807, 2.05) is 22.6 Å². The Balaban J connectivity index is 1.81. The first kappa shape index (κ1) is 24.5. The Hall–Kier alpha value is -2.58. The lowest BCUT2D eigenvalue weighted by Gasteiger charge is -2.16. The van der Waals surface area contributed by atoms with Crippen molar-refractivity contribution >= 4 is 60.8 Å². The summed E-state index contributed by atoms with van der Waals surface area (Å²) < 4.78 is 97.7. The van der Waals surface area contributed by atoms with E-state index in [9.17, 15) is 26.0 Å². The van der Waals surface area contributed by atoms with Gasteiger partial charge in [0, 0.05) is 39.2 Å². The van der Waals surface area contributed by atoms with E-state index < -0.39 is 49.5 Å². The lowest BCUT2D eigenvalue weighted by Crippen LogP contribution is -2.19. The highest BCUT2D eigenvalue weighted by atomic mass is 127. The summed E-state index contributed by atoms with van der Waals surface area (Å²) in [5, 5.41) is 0.193. The van der Waals surface area contributed by atoms with Crippen LogP contribution < -0.4 is 4.72 Å². The van der Waals surface area contributed by atoms with Crippen molar-refractivity contribution in [1.82, 2.24) is 9.97 Å². The van der Waals surface area contributed by atoms with Gasteiger partial charge in [-0.1, -0.05) is 17.7 Å². The van der Waals surface area contributed by atoms with Crippen molar-refractivity contribution in [1.29, 1.82) is 0 Å². The number of rotatable bonds is 4. The van der Waals surface area contributed by atoms with Crippen LogP contribution in [0.5, 0.6) is 0 Å². The molecule has 0 saturated heterocycles. The minimum atomic E-state index is -5.02. The van der Waals surface area contributed by atoms with Crippen LogP contribution >= 0.6 is 34.2 Å². The molecule has 0 saturated carbocycles. The lowest BCUT2D eigenvalue weighted by molar-refractivity contribution is -0.139. The maximum Gasteiger partial charge on any atom is 0.417 e. The largest absolute Gasteiger partial charge is 0.417 e. The molecule has 0 aliphatic carbocycles. The molecule has 0 bridgehead atoms. The normalized spacial score (nSPS) is 12.2. The van der Waals surface area contributed by atoms with Crippen LogP contribution in [0.2, 0.25) is 5.02 Å². The number of alkyl halides is 3. The monoisotopic (exact) mass is 625 g/mol. The quantitative estimate of drug-likeness (QED) is 0.157. The number of hydrogen-bond acceptors (Lipinski definition) is 4. The zero-order valence-corrected chi connectivity index (χ0v) is 20.2. The molecule has 13 heteroatoms. The second kappa shape index (κ2) is 8.89. The minimum absolute atomic E-state index is 0.0482. The molecule has 4 rings (SSSR count). The molecule has 34 heavy (non-hydrogen) atoms. The number of nitrogens with one attached hydrogen (secondary N) is 1. The summed E-state index contributed by atoms with van der Waals surface area (Å²) >= 11 is 7.60. The maximum absolute atomic E-state index is 15.3. The van der Waals surface area contributed by atoms with Gasteiger partial charge in [0.05, 0.1) is 22.3 Å². The minimum Gasteiger partial charge on any atom is -0.277 e. The third-order valence-electron chi connectivity index (χ3n) is 4.71. The van der Waals surface area contributed by atoms with E-state index in [1.54, 1.807) is 4.72 Å². The molecule has 1 aromatic heterocycles. The van der Waals surface area contributed by atoms with Crippen molar-refractivity contribution in [3.05, 3.63) is 80.8 Å². The van der Waals surface area contributed by atoms with Crippen LogP contribution in [0.15, 0.2) is 59.6 Å². The predicted octanol–water partition coefficient (Wildman–Crippen LogP) is 6.65. The van der Waals surface area contributed by atoms with Crippen molar-refractivity contribution in [3.8, 4) is 11.1 Å². The third-order valence-corrected chi connectivity index (χ3v) is 6.87. The number of nitrogens with zero attached hydrogens (tertiary/aromatic N) is 2. The van der Waals surface area contributed by atoms with Gasteiger partial charge < -0.3 is 0 Å². The number of aromatic nitrogens is 2. The standard InChI is InChI=1S/C21H10ClF5IN3O2S/c22-12-2-3-13(21(25,26)27)17(8-12)34(32,33)31-16-6-4-14(23)18(19(16)24)10-1-5-15-11(7-10)9-29-20(28)30-15/h1-9,31H. The van der Waals surface area contributed by atoms with Crippen molar-refractivity contribution < 1.29 is 30.4 Å². The van der Waals surface area contributed by atoms with Gasteiger partial charge in [0.1, 0.15) is 10.7 Å². The van der Waals surface area contributed by atoms with Gasteiger partial charge in [-0.2, -0.15) is 13.2 Å². The zero-order valence-electron chi connectivity index (χ0n) is 16.5. The highest BCUT2D eigenvalue weighted by Gasteiger charge is 2.37. The smallest absolute Gasteiger partial charge is 0.277 e. The van der Waals surface area contributed by atoms with Crippen LogP contribution in [0.3, 0.4) is 0 Å². The van der Waals surface area contributed by atoms with Gasteiger partial charge in [0.2, 0.25) is 0 Å². The molecule has 4 aromatic rings. The maximum atomic E-state index is 15.3. The van der Waals surface area contributed by atoms with Gasteiger partial charge in [-0.25, -0.2) is 27.2 Å². The summed E-state index contributed by atoms with van der Waals surface area (Å²) in [7, 11) is -4.96. The number of anilines is 1. The highest BCUT2D eigenvalue weighted by Crippen LogP contribution is 2.37. The number of halogens is 7. The SMILES string of the molecule is O=S(=O)(Nc1ccc(F)c(-c2ccc3nc(I)ncc3c2)c1F)c1cc(Cl)ccc1C(F)(F)F. The number of hydrogen-bond donors (Lipinski definition) is 1. The average molecular weight is 626 g/mol. The molecular formula is C21H10ClF5IN3O2S. The van der Waals surface area contributed by atoms with Gasteiger partial charge in [-0.05, 0) is 48.0 Å². The van der Waals surface area contributed by atoms with Crippen molar-refractivity contribution in [2.75, 3.05) is 4.72 Å². The van der Waals surface area contributed by atoms with Gasteiger partial charge in [-0.15, -0.1) is 0 Å². The van der Waals surface area contributed by atoms with Crippen molar-refractivity contribution in [3.63, 3.8) is 0 Å². The number of fused-ring (bicyclic) bond motifs is 1. The summed E-state index contributed by atoms with van der Waals surface area (Å²) in [5.41, 5.74) is -2.25. The fourth-order valence-electron chi connectivity index (χ4n) is 3.21. The Morgan fingerprint density at radius 2 is 1.74 bits per heavy atom. The topological polar surface area (TPSA) is 72.0 Å². The van der Waals surface area contributed by atoms with Crippen LogP contribution in [0, 0.1) is 15.5 Å². The molecule has 0 fully saturated rings. The Labute approximate surface area is 208 Å². The summed E-state index contributed by atoms with van der Waals surface area (Å²) in [6.07, 6.45) is -3.57. The molecule has 1 N–H and O–H groups in total. The third kappa shape index (κ3) is 4.79. The van der Waals surface area contributed by atoms with E-state index >= 15 is 4.39 Å². The Morgan fingerprint density at radius 3 is 2.44 bits per heavy atom. The molecule has 0 unspecified atom stereocenters. The second-order valence-corrected chi connectivity index (χ2v) is 9.99. The molecule has 0 aliphatic rings. The van der Waals surface area contributed by atoms with Crippen LogP contribution in [-0.4, -0.2) is 18.4 Å². The van der Waals surface area contributed by atoms with Gasteiger partial charge in [0.15, 0.2) is 9.65 Å². The predicted molar refractivity (Wildman–Crippen MR) is 125 cm³/mol. The summed E-state index contributed by atoms with van der Waals surface area (Å²) in [6.45, 7) is 0. The van der Waals surface area contributed by atoms with Crippen LogP contribution in [0.25, 0.3) is 22.0 Å². The van der Waals surface area contributed by atoms with Gasteiger partial charge in [0.25, 0.3) is 10.0 Å². The molecule has 1 heterocycles. The average Bonchev–Trinajstić information content (AvgIpc) is 2.75. The molecule has 0 spiro atoms. The first-order valence-electron chi connectivity index (χ1n) is 9.17. The highest BCUT2D eigenvalue weighted by molar-refractivity contribution is 14.1. The van der Waals surface area contributed by atoms with E-state index in [4.69, 9.17) is 11.6 Å².